The van der Waals surface area contributed by atoms with Crippen LogP contribution in [0.25, 0.3) is 22.8 Å². The van der Waals surface area contributed by atoms with Crippen molar-refractivity contribution < 1.29 is 18.8 Å². The van der Waals surface area contributed by atoms with E-state index >= 15 is 0 Å². The molecule has 0 atom stereocenters. The minimum absolute atomic E-state index is 0.0412. The monoisotopic (exact) mass is 448 g/mol. The number of nitriles is 1. The highest BCUT2D eigenvalue weighted by molar-refractivity contribution is 5.70. The number of esters is 1. The fraction of sp³-hybridized carbons (Fsp3) is 0.400. The quantitative estimate of drug-likeness (QED) is 0.462. The Morgan fingerprint density at radius 3 is 2.58 bits per heavy atom. The van der Waals surface area contributed by atoms with E-state index < -0.39 is 5.60 Å². The molecule has 0 radical (unpaired) electrons. The molecular formula is C25H28N4O4. The van der Waals surface area contributed by atoms with Gasteiger partial charge in [0.05, 0.1) is 18.1 Å². The van der Waals surface area contributed by atoms with Crippen molar-refractivity contribution in [3.05, 3.63) is 47.3 Å². The number of carbonyl (C=O) groups is 1. The Morgan fingerprint density at radius 2 is 1.94 bits per heavy atom. The van der Waals surface area contributed by atoms with Crippen molar-refractivity contribution >= 4 is 5.97 Å². The van der Waals surface area contributed by atoms with Crippen LogP contribution in [-0.2, 0) is 16.0 Å². The Labute approximate surface area is 193 Å². The first-order valence-electron chi connectivity index (χ1n) is 10.8. The highest BCUT2D eigenvalue weighted by atomic mass is 16.6. The molecule has 0 N–H and O–H groups in total. The second-order valence-electron chi connectivity index (χ2n) is 8.93. The van der Waals surface area contributed by atoms with Gasteiger partial charge in [-0.3, -0.25) is 9.78 Å². The predicted octanol–water partition coefficient (Wildman–Crippen LogP) is 5.04. The van der Waals surface area contributed by atoms with Crippen LogP contribution in [0.5, 0.6) is 5.75 Å². The van der Waals surface area contributed by atoms with Gasteiger partial charge in [-0.25, -0.2) is 0 Å². The highest BCUT2D eigenvalue weighted by Gasteiger charge is 2.18. The maximum atomic E-state index is 12.0. The number of aryl methyl sites for hydroxylation is 2. The molecule has 0 spiro atoms. The molecule has 8 heteroatoms. The van der Waals surface area contributed by atoms with Crippen LogP contribution in [0.2, 0.25) is 0 Å². The summed E-state index contributed by atoms with van der Waals surface area (Å²) in [6.07, 6.45) is 0.697. The normalized spacial score (nSPS) is 11.3. The molecule has 1 aromatic carbocycles. The molecule has 0 amide bonds. The lowest BCUT2D eigenvalue weighted by Crippen LogP contribution is -2.24. The molecule has 0 saturated carbocycles. The molecule has 0 saturated heterocycles. The summed E-state index contributed by atoms with van der Waals surface area (Å²) in [6, 6.07) is 11.0. The molecule has 172 valence electrons. The number of pyridine rings is 1. The van der Waals surface area contributed by atoms with Gasteiger partial charge in [0, 0.05) is 28.9 Å². The van der Waals surface area contributed by atoms with Gasteiger partial charge in [-0.15, -0.1) is 0 Å². The molecule has 3 aromatic rings. The second kappa shape index (κ2) is 9.82. The van der Waals surface area contributed by atoms with E-state index in [2.05, 4.69) is 21.2 Å². The minimum Gasteiger partial charge on any atom is -0.490 e. The zero-order valence-electron chi connectivity index (χ0n) is 19.8. The molecule has 8 nitrogen and oxygen atoms in total. The van der Waals surface area contributed by atoms with Crippen LogP contribution in [-0.4, -0.2) is 32.8 Å². The number of ether oxygens (including phenoxy) is 2. The highest BCUT2D eigenvalue weighted by Crippen LogP contribution is 2.28. The van der Waals surface area contributed by atoms with Gasteiger partial charge >= 0.3 is 5.97 Å². The standard InChI is InChI=1S/C25H28N4O4/c1-15(2)31-21-11-7-17(13-18(21)14-26)24-28-23(29-33-24)20-10-8-19(27-16(20)3)9-12-22(30)32-25(4,5)6/h7-8,10-11,13,15H,9,12H2,1-6H3. The van der Waals surface area contributed by atoms with Crippen LogP contribution in [0.4, 0.5) is 0 Å². The van der Waals surface area contributed by atoms with Crippen molar-refractivity contribution in [3.63, 3.8) is 0 Å². The van der Waals surface area contributed by atoms with Crippen molar-refractivity contribution in [3.8, 4) is 34.7 Å². The maximum Gasteiger partial charge on any atom is 0.306 e. The van der Waals surface area contributed by atoms with Crippen molar-refractivity contribution in [1.29, 1.82) is 5.26 Å². The Balaban J connectivity index is 1.75. The Morgan fingerprint density at radius 1 is 1.18 bits per heavy atom. The summed E-state index contributed by atoms with van der Waals surface area (Å²) < 4.78 is 16.4. The van der Waals surface area contributed by atoms with Gasteiger partial charge < -0.3 is 14.0 Å². The number of carbonyl (C=O) groups excluding carboxylic acids is 1. The first kappa shape index (κ1) is 23.9. The number of hydrogen-bond acceptors (Lipinski definition) is 8. The summed E-state index contributed by atoms with van der Waals surface area (Å²) in [7, 11) is 0. The van der Waals surface area contributed by atoms with E-state index in [9.17, 15) is 10.1 Å². The van der Waals surface area contributed by atoms with Crippen molar-refractivity contribution in [1.82, 2.24) is 15.1 Å². The van der Waals surface area contributed by atoms with Crippen LogP contribution in [0.1, 0.15) is 58.0 Å². The van der Waals surface area contributed by atoms with E-state index in [0.717, 1.165) is 17.0 Å². The van der Waals surface area contributed by atoms with E-state index in [0.29, 0.717) is 35.0 Å². The smallest absolute Gasteiger partial charge is 0.306 e. The van der Waals surface area contributed by atoms with Gasteiger partial charge in [0.15, 0.2) is 0 Å². The molecular weight excluding hydrogens is 420 g/mol. The van der Waals surface area contributed by atoms with Crippen molar-refractivity contribution in [2.24, 2.45) is 0 Å². The average Bonchev–Trinajstić information content (AvgIpc) is 3.21. The number of aromatic nitrogens is 3. The van der Waals surface area contributed by atoms with E-state index in [-0.39, 0.29) is 18.5 Å². The summed E-state index contributed by atoms with van der Waals surface area (Å²) in [5, 5.41) is 13.5. The Hall–Kier alpha value is -3.73. The van der Waals surface area contributed by atoms with Gasteiger partial charge in [0.2, 0.25) is 5.82 Å². The second-order valence-corrected chi connectivity index (χ2v) is 8.93. The number of benzene rings is 1. The lowest BCUT2D eigenvalue weighted by atomic mass is 10.1. The zero-order chi connectivity index (χ0) is 24.2. The minimum atomic E-state index is -0.504. The maximum absolute atomic E-state index is 12.0. The van der Waals surface area contributed by atoms with Crippen LogP contribution >= 0.6 is 0 Å². The predicted molar refractivity (Wildman–Crippen MR) is 122 cm³/mol. The summed E-state index contributed by atoms with van der Waals surface area (Å²) in [5.41, 5.74) is 2.75. The third kappa shape index (κ3) is 6.39. The molecule has 2 aromatic heterocycles. The number of hydrogen-bond donors (Lipinski definition) is 0. The zero-order valence-corrected chi connectivity index (χ0v) is 19.8. The Kier molecular flexibility index (Phi) is 7.12. The molecule has 3 rings (SSSR count). The van der Waals surface area contributed by atoms with E-state index in [1.54, 1.807) is 18.2 Å². The first-order chi connectivity index (χ1) is 15.6. The molecule has 0 aliphatic rings. The molecule has 0 fully saturated rings. The summed E-state index contributed by atoms with van der Waals surface area (Å²) in [6.45, 7) is 11.2. The van der Waals surface area contributed by atoms with Crippen LogP contribution in [0, 0.1) is 18.3 Å². The third-order valence-electron chi connectivity index (χ3n) is 4.53. The third-order valence-corrected chi connectivity index (χ3v) is 4.53. The van der Waals surface area contributed by atoms with Crippen molar-refractivity contribution in [2.75, 3.05) is 0 Å². The van der Waals surface area contributed by atoms with Gasteiger partial charge in [0.1, 0.15) is 17.4 Å². The van der Waals surface area contributed by atoms with Crippen molar-refractivity contribution in [2.45, 2.75) is 66.1 Å². The molecule has 0 bridgehead atoms. The van der Waals surface area contributed by atoms with E-state index in [1.165, 1.54) is 0 Å². The summed E-state index contributed by atoms with van der Waals surface area (Å²) in [5.74, 6) is 0.953. The fourth-order valence-corrected chi connectivity index (χ4v) is 3.17. The van der Waals surface area contributed by atoms with Crippen LogP contribution < -0.4 is 4.74 Å². The Bertz CT molecular complexity index is 1190. The van der Waals surface area contributed by atoms with Gasteiger partial charge in [0.25, 0.3) is 5.89 Å². The topological polar surface area (TPSA) is 111 Å². The fourth-order valence-electron chi connectivity index (χ4n) is 3.17. The van der Waals surface area contributed by atoms with E-state index in [4.69, 9.17) is 14.0 Å². The first-order valence-corrected chi connectivity index (χ1v) is 10.8. The number of nitrogens with zero attached hydrogens (tertiary/aromatic N) is 4. The van der Waals surface area contributed by atoms with Crippen LogP contribution in [0.3, 0.4) is 0 Å². The van der Waals surface area contributed by atoms with Gasteiger partial charge in [-0.05, 0) is 71.9 Å². The molecule has 2 heterocycles. The molecule has 0 aliphatic heterocycles. The lowest BCUT2D eigenvalue weighted by Gasteiger charge is -2.19. The lowest BCUT2D eigenvalue weighted by molar-refractivity contribution is -0.154. The largest absolute Gasteiger partial charge is 0.490 e. The van der Waals surface area contributed by atoms with Gasteiger partial charge in [-0.2, -0.15) is 10.2 Å². The number of rotatable bonds is 7. The molecule has 0 unspecified atom stereocenters. The summed E-state index contributed by atoms with van der Waals surface area (Å²) in [4.78, 5) is 21.0. The molecule has 0 aliphatic carbocycles. The SMILES string of the molecule is Cc1nc(CCC(=O)OC(C)(C)C)ccc1-c1noc(-c2ccc(OC(C)C)c(C#N)c2)n1. The van der Waals surface area contributed by atoms with Crippen LogP contribution in [0.15, 0.2) is 34.9 Å². The van der Waals surface area contributed by atoms with Gasteiger partial charge in [-0.1, -0.05) is 5.16 Å². The van der Waals surface area contributed by atoms with E-state index in [1.807, 2.05) is 53.7 Å². The molecule has 33 heavy (non-hydrogen) atoms. The average molecular weight is 449 g/mol. The summed E-state index contributed by atoms with van der Waals surface area (Å²) >= 11 is 0.